The summed E-state index contributed by atoms with van der Waals surface area (Å²) >= 11 is 1.38. The highest BCUT2D eigenvalue weighted by molar-refractivity contribution is 8.00. The normalized spacial score (nSPS) is 18.1. The van der Waals surface area contributed by atoms with Crippen molar-refractivity contribution in [3.63, 3.8) is 0 Å². The number of piperazine rings is 1. The molecule has 4 rings (SSSR count). The van der Waals surface area contributed by atoms with Gasteiger partial charge < -0.3 is 4.90 Å². The molecular weight excluding hydrogens is 470 g/mol. The number of amides is 1. The first kappa shape index (κ1) is 24.9. The highest BCUT2D eigenvalue weighted by atomic mass is 32.2. The van der Waals surface area contributed by atoms with Gasteiger partial charge in [-0.1, -0.05) is 43.2 Å². The summed E-state index contributed by atoms with van der Waals surface area (Å²) in [6.45, 7) is 5.24. The van der Waals surface area contributed by atoms with Gasteiger partial charge in [0.15, 0.2) is 0 Å². The van der Waals surface area contributed by atoms with Crippen LogP contribution in [0.2, 0.25) is 0 Å². The van der Waals surface area contributed by atoms with Crippen molar-refractivity contribution in [2.75, 3.05) is 26.2 Å². The fourth-order valence-corrected chi connectivity index (χ4v) is 7.63. The lowest BCUT2D eigenvalue weighted by Gasteiger charge is -2.36. The lowest BCUT2D eigenvalue weighted by atomic mass is 9.88. The molecule has 2 aromatic rings. The van der Waals surface area contributed by atoms with Crippen LogP contribution >= 0.6 is 11.8 Å². The van der Waals surface area contributed by atoms with E-state index in [1.807, 2.05) is 36.9 Å². The maximum atomic E-state index is 13.7. The summed E-state index contributed by atoms with van der Waals surface area (Å²) in [4.78, 5) is 27.5. The maximum Gasteiger partial charge on any atom is 0.244 e. The van der Waals surface area contributed by atoms with Crippen LogP contribution in [0, 0.1) is 24.7 Å². The number of carbonyl (C=O) groups excluding carboxylic acids is 1. The average molecular weight is 502 g/mol. The Hall–Kier alpha value is -2.23. The molecule has 2 aromatic carbocycles. The Labute approximate surface area is 205 Å². The quantitative estimate of drug-likeness (QED) is 0.504. The molecule has 182 valence electrons. The molecule has 2 fully saturated rings. The van der Waals surface area contributed by atoms with Crippen molar-refractivity contribution >= 4 is 33.4 Å². The van der Waals surface area contributed by atoms with Gasteiger partial charge in [0.1, 0.15) is 5.69 Å². The zero-order valence-corrected chi connectivity index (χ0v) is 21.3. The number of carbonyl (C=O) groups is 1. The highest BCUT2D eigenvalue weighted by Gasteiger charge is 2.34. The summed E-state index contributed by atoms with van der Waals surface area (Å²) < 4.78 is 28.7. The predicted molar refractivity (Wildman–Crippen MR) is 134 cm³/mol. The molecule has 1 amide bonds. The van der Waals surface area contributed by atoms with Gasteiger partial charge in [0.2, 0.25) is 15.9 Å². The summed E-state index contributed by atoms with van der Waals surface area (Å²) in [5, 5.41) is 2.96. The smallest absolute Gasteiger partial charge is 0.244 e. The zero-order valence-electron chi connectivity index (χ0n) is 19.7. The maximum absolute atomic E-state index is 13.7. The fraction of sp³-hybridized carbons (Fsp3) is 0.480. The van der Waals surface area contributed by atoms with Crippen molar-refractivity contribution < 1.29 is 13.2 Å². The molecule has 0 radical (unpaired) electrons. The summed E-state index contributed by atoms with van der Waals surface area (Å²) in [6, 6.07) is 10.6. The van der Waals surface area contributed by atoms with Gasteiger partial charge in [0, 0.05) is 41.9 Å². The Balaban J connectivity index is 1.55. The van der Waals surface area contributed by atoms with Crippen LogP contribution in [0.3, 0.4) is 0 Å². The minimum absolute atomic E-state index is 0.0767. The van der Waals surface area contributed by atoms with E-state index in [0.717, 1.165) is 41.7 Å². The number of nitroso groups, excluding NO2 is 1. The van der Waals surface area contributed by atoms with Gasteiger partial charge in [-0.25, -0.2) is 8.42 Å². The largest absolute Gasteiger partial charge is 0.340 e. The van der Waals surface area contributed by atoms with Crippen LogP contribution in [-0.2, 0) is 14.8 Å². The molecule has 34 heavy (non-hydrogen) atoms. The second-order valence-electron chi connectivity index (χ2n) is 9.16. The number of sulfonamides is 1. The van der Waals surface area contributed by atoms with Crippen molar-refractivity contribution in [2.24, 2.45) is 11.1 Å². The Bertz CT molecular complexity index is 1170. The van der Waals surface area contributed by atoms with Gasteiger partial charge in [-0.2, -0.15) is 4.31 Å². The number of hydrogen-bond acceptors (Lipinski definition) is 6. The molecular formula is C25H31N3O4S2. The average Bonchev–Trinajstić information content (AvgIpc) is 2.86. The third-order valence-corrected chi connectivity index (χ3v) is 10.0. The van der Waals surface area contributed by atoms with Crippen LogP contribution in [0.5, 0.6) is 0 Å². The topological polar surface area (TPSA) is 87.1 Å². The third-order valence-electron chi connectivity index (χ3n) is 6.72. The standard InChI is InChI=1S/C25H31N3O4S2/c1-18-8-9-19(2)23(16-18)33-22-11-10-21(26-30)17-24(22)34(31,32)28-14-12-27(13-15-28)25(29)20-6-4-3-5-7-20/h8-11,16-17,20H,3-7,12-15H2,1-2H3. The lowest BCUT2D eigenvalue weighted by molar-refractivity contribution is -0.137. The van der Waals surface area contributed by atoms with E-state index in [0.29, 0.717) is 18.0 Å². The van der Waals surface area contributed by atoms with Gasteiger partial charge in [-0.05, 0) is 67.3 Å². The minimum atomic E-state index is -3.87. The highest BCUT2D eigenvalue weighted by Crippen LogP contribution is 2.38. The summed E-state index contributed by atoms with van der Waals surface area (Å²) in [5.74, 6) is 0.239. The van der Waals surface area contributed by atoms with Gasteiger partial charge in [-0.3, -0.25) is 4.79 Å². The second-order valence-corrected chi connectivity index (χ2v) is 12.1. The van der Waals surface area contributed by atoms with Crippen LogP contribution in [0.4, 0.5) is 5.69 Å². The van der Waals surface area contributed by atoms with E-state index in [2.05, 4.69) is 5.18 Å². The van der Waals surface area contributed by atoms with Gasteiger partial charge in [-0.15, -0.1) is 4.91 Å². The van der Waals surface area contributed by atoms with E-state index in [-0.39, 0.29) is 35.5 Å². The Morgan fingerprint density at radius 2 is 1.65 bits per heavy atom. The first-order valence-corrected chi connectivity index (χ1v) is 14.1. The number of nitrogens with zero attached hydrogens (tertiary/aromatic N) is 3. The number of benzene rings is 2. The van der Waals surface area contributed by atoms with Crippen LogP contribution in [0.15, 0.2) is 56.3 Å². The Morgan fingerprint density at radius 3 is 2.32 bits per heavy atom. The van der Waals surface area contributed by atoms with Crippen LogP contribution in [-0.4, -0.2) is 49.7 Å². The molecule has 1 aliphatic heterocycles. The first-order valence-electron chi connectivity index (χ1n) is 11.8. The Kier molecular flexibility index (Phi) is 7.74. The summed E-state index contributed by atoms with van der Waals surface area (Å²) in [6.07, 6.45) is 5.23. The second kappa shape index (κ2) is 10.6. The van der Waals surface area contributed by atoms with Crippen molar-refractivity contribution in [1.82, 2.24) is 9.21 Å². The molecule has 0 aromatic heterocycles. The third kappa shape index (κ3) is 5.37. The van der Waals surface area contributed by atoms with Crippen molar-refractivity contribution in [1.29, 1.82) is 0 Å². The molecule has 1 saturated carbocycles. The van der Waals surface area contributed by atoms with Gasteiger partial charge in [0.25, 0.3) is 0 Å². The van der Waals surface area contributed by atoms with Crippen LogP contribution in [0.1, 0.15) is 43.2 Å². The molecule has 0 spiro atoms. The SMILES string of the molecule is Cc1ccc(C)c(Sc2ccc(N=O)cc2S(=O)(=O)N2CCN(C(=O)C3CCCCC3)CC2)c1. The molecule has 0 unspecified atom stereocenters. The van der Waals surface area contributed by atoms with Gasteiger partial charge in [0.05, 0.1) is 4.90 Å². The number of rotatable bonds is 6. The van der Waals surface area contributed by atoms with Crippen LogP contribution in [0.25, 0.3) is 0 Å². The molecule has 7 nitrogen and oxygen atoms in total. The molecule has 0 atom stereocenters. The number of hydrogen-bond donors (Lipinski definition) is 0. The first-order chi connectivity index (χ1) is 16.3. The van der Waals surface area contributed by atoms with E-state index in [1.165, 1.54) is 28.6 Å². The molecule has 0 N–H and O–H groups in total. The number of aryl methyl sites for hydroxylation is 2. The van der Waals surface area contributed by atoms with Crippen LogP contribution < -0.4 is 0 Å². The predicted octanol–water partition coefficient (Wildman–Crippen LogP) is 5.27. The molecule has 1 aliphatic carbocycles. The minimum Gasteiger partial charge on any atom is -0.340 e. The molecule has 9 heteroatoms. The zero-order chi connectivity index (χ0) is 24.3. The summed E-state index contributed by atoms with van der Waals surface area (Å²) in [7, 11) is -3.87. The molecule has 2 aliphatic rings. The Morgan fingerprint density at radius 1 is 0.941 bits per heavy atom. The summed E-state index contributed by atoms with van der Waals surface area (Å²) in [5.41, 5.74) is 2.21. The van der Waals surface area contributed by atoms with Gasteiger partial charge >= 0.3 is 0 Å². The molecule has 1 heterocycles. The van der Waals surface area contributed by atoms with E-state index in [4.69, 9.17) is 0 Å². The lowest BCUT2D eigenvalue weighted by Crippen LogP contribution is -2.52. The van der Waals surface area contributed by atoms with E-state index in [1.54, 1.807) is 12.1 Å². The monoisotopic (exact) mass is 501 g/mol. The van der Waals surface area contributed by atoms with E-state index < -0.39 is 10.0 Å². The molecule has 0 bridgehead atoms. The van der Waals surface area contributed by atoms with E-state index >= 15 is 0 Å². The molecule has 1 saturated heterocycles. The van der Waals surface area contributed by atoms with Crippen molar-refractivity contribution in [3.8, 4) is 0 Å². The van der Waals surface area contributed by atoms with E-state index in [9.17, 15) is 18.1 Å². The fourth-order valence-electron chi connectivity index (χ4n) is 4.67. The van der Waals surface area contributed by atoms with Crippen molar-refractivity contribution in [2.45, 2.75) is 60.6 Å². The van der Waals surface area contributed by atoms with Crippen molar-refractivity contribution in [3.05, 3.63) is 52.4 Å².